The predicted molar refractivity (Wildman–Crippen MR) is 70.2 cm³/mol. The zero-order chi connectivity index (χ0) is 12.6. The molecule has 0 saturated carbocycles. The van der Waals surface area contributed by atoms with E-state index in [9.17, 15) is 0 Å². The second-order valence-electron chi connectivity index (χ2n) is 3.28. The van der Waals surface area contributed by atoms with E-state index in [0.29, 0.717) is 5.88 Å². The zero-order valence-corrected chi connectivity index (χ0v) is 11.3. The summed E-state index contributed by atoms with van der Waals surface area (Å²) < 4.78 is 0. The number of likely N-dealkylation sites (N-methyl/N-ethyl adjacent to an activating group) is 2. The summed E-state index contributed by atoms with van der Waals surface area (Å²) in [5.74, 6) is 0.710. The maximum absolute atomic E-state index is 8.59. The molecule has 0 aromatic rings. The first-order chi connectivity index (χ1) is 7.76. The Morgan fingerprint density at radius 2 is 1.81 bits per heavy atom. The van der Waals surface area contributed by atoms with Crippen molar-refractivity contribution in [1.82, 2.24) is 10.2 Å². The summed E-state index contributed by atoms with van der Waals surface area (Å²) in [5, 5.41) is 19.7. The summed E-state index contributed by atoms with van der Waals surface area (Å²) in [5.41, 5.74) is 0. The molecular weight excluding hydrogens is 228 g/mol. The fourth-order valence-electron chi connectivity index (χ4n) is 1.11. The predicted octanol–water partition coefficient (Wildman–Crippen LogP) is 0.518. The molecule has 0 unspecified atom stereocenters. The highest BCUT2D eigenvalue weighted by molar-refractivity contribution is 6.17. The van der Waals surface area contributed by atoms with E-state index in [2.05, 4.69) is 17.1 Å². The second kappa shape index (κ2) is 17.5. The highest BCUT2D eigenvalue weighted by Crippen LogP contribution is 1.91. The van der Waals surface area contributed by atoms with Gasteiger partial charge in [-0.15, -0.1) is 11.6 Å². The Balaban J connectivity index is 0. The average molecular weight is 255 g/mol. The molecule has 0 heterocycles. The molecule has 0 aromatic carbocycles. The molecule has 0 atom stereocenters. The molecule has 100 valence electrons. The van der Waals surface area contributed by atoms with Gasteiger partial charge in [-0.2, -0.15) is 0 Å². The van der Waals surface area contributed by atoms with Gasteiger partial charge in [0.1, 0.15) is 0 Å². The molecule has 5 heteroatoms. The van der Waals surface area contributed by atoms with Crippen LogP contribution in [-0.4, -0.2) is 66.9 Å². The molecule has 0 rings (SSSR count). The van der Waals surface area contributed by atoms with Crippen molar-refractivity contribution in [3.05, 3.63) is 0 Å². The van der Waals surface area contributed by atoms with Crippen molar-refractivity contribution in [2.24, 2.45) is 0 Å². The minimum absolute atomic E-state index is 0.244. The topological polar surface area (TPSA) is 55.7 Å². The number of aliphatic hydroxyl groups is 2. The number of aliphatic hydroxyl groups excluding tert-OH is 2. The SMILES string of the molecule is CCN(CCO)CCCCl.CCNCCO. The fraction of sp³-hybridized carbons (Fsp3) is 1.00. The van der Waals surface area contributed by atoms with Crippen LogP contribution < -0.4 is 5.32 Å². The fourth-order valence-corrected chi connectivity index (χ4v) is 1.23. The van der Waals surface area contributed by atoms with Gasteiger partial charge >= 0.3 is 0 Å². The first-order valence-corrected chi connectivity index (χ1v) is 6.50. The molecule has 0 fully saturated rings. The van der Waals surface area contributed by atoms with E-state index in [1.54, 1.807) is 0 Å². The Labute approximate surface area is 105 Å². The summed E-state index contributed by atoms with van der Waals surface area (Å²) in [6, 6.07) is 0. The van der Waals surface area contributed by atoms with E-state index in [4.69, 9.17) is 21.8 Å². The third-order valence-electron chi connectivity index (χ3n) is 2.01. The highest BCUT2D eigenvalue weighted by Gasteiger charge is 1.98. The lowest BCUT2D eigenvalue weighted by atomic mass is 10.4. The van der Waals surface area contributed by atoms with E-state index >= 15 is 0 Å². The Hall–Kier alpha value is 0.130. The van der Waals surface area contributed by atoms with E-state index in [-0.39, 0.29) is 13.2 Å². The zero-order valence-electron chi connectivity index (χ0n) is 10.6. The molecule has 0 saturated heterocycles. The quantitative estimate of drug-likeness (QED) is 0.415. The number of rotatable bonds is 9. The van der Waals surface area contributed by atoms with Crippen LogP contribution in [-0.2, 0) is 0 Å². The molecule has 0 aliphatic rings. The molecule has 4 nitrogen and oxygen atoms in total. The average Bonchev–Trinajstić information content (AvgIpc) is 2.32. The molecular formula is C11H27ClN2O2. The lowest BCUT2D eigenvalue weighted by Gasteiger charge is -2.17. The normalized spacial score (nSPS) is 10.1. The molecule has 0 bridgehead atoms. The van der Waals surface area contributed by atoms with Gasteiger partial charge in [-0.3, -0.25) is 0 Å². The van der Waals surface area contributed by atoms with Gasteiger partial charge in [0.2, 0.25) is 0 Å². The van der Waals surface area contributed by atoms with Gasteiger partial charge in [0.25, 0.3) is 0 Å². The maximum atomic E-state index is 8.59. The molecule has 0 aromatic heterocycles. The summed E-state index contributed by atoms with van der Waals surface area (Å²) in [6.45, 7) is 9.02. The standard InChI is InChI=1S/C7H16ClNO.C4H11NO/c1-2-9(6-7-10)5-3-4-8;1-2-5-3-4-6/h10H,2-7H2,1H3;5-6H,2-4H2,1H3. The van der Waals surface area contributed by atoms with Crippen molar-refractivity contribution in [2.75, 3.05) is 51.8 Å². The Bertz CT molecular complexity index is 114. The summed E-state index contributed by atoms with van der Waals surface area (Å²) in [4.78, 5) is 2.18. The van der Waals surface area contributed by atoms with Crippen LogP contribution in [0.2, 0.25) is 0 Å². The molecule has 3 N–H and O–H groups in total. The monoisotopic (exact) mass is 254 g/mol. The number of hydrogen-bond donors (Lipinski definition) is 3. The van der Waals surface area contributed by atoms with Crippen LogP contribution in [0.15, 0.2) is 0 Å². The molecule has 16 heavy (non-hydrogen) atoms. The summed E-state index contributed by atoms with van der Waals surface area (Å²) in [7, 11) is 0. The van der Waals surface area contributed by atoms with Crippen molar-refractivity contribution < 1.29 is 10.2 Å². The van der Waals surface area contributed by atoms with Crippen molar-refractivity contribution in [3.63, 3.8) is 0 Å². The molecule has 0 aliphatic carbocycles. The number of alkyl halides is 1. The smallest absolute Gasteiger partial charge is 0.0558 e. The van der Waals surface area contributed by atoms with Gasteiger partial charge in [0.05, 0.1) is 13.2 Å². The second-order valence-corrected chi connectivity index (χ2v) is 3.66. The van der Waals surface area contributed by atoms with Crippen LogP contribution in [0.1, 0.15) is 20.3 Å². The summed E-state index contributed by atoms with van der Waals surface area (Å²) in [6.07, 6.45) is 1.01. The minimum Gasteiger partial charge on any atom is -0.395 e. The molecule has 0 spiro atoms. The first-order valence-electron chi connectivity index (χ1n) is 5.97. The van der Waals surface area contributed by atoms with Crippen molar-refractivity contribution in [2.45, 2.75) is 20.3 Å². The van der Waals surface area contributed by atoms with Gasteiger partial charge in [-0.05, 0) is 26.1 Å². The Morgan fingerprint density at radius 1 is 1.12 bits per heavy atom. The van der Waals surface area contributed by atoms with Gasteiger partial charge < -0.3 is 20.4 Å². The van der Waals surface area contributed by atoms with Crippen LogP contribution in [0.3, 0.4) is 0 Å². The van der Waals surface area contributed by atoms with Gasteiger partial charge in [-0.25, -0.2) is 0 Å². The van der Waals surface area contributed by atoms with Crippen molar-refractivity contribution in [1.29, 1.82) is 0 Å². The molecule has 0 aliphatic heterocycles. The number of nitrogens with one attached hydrogen (secondary N) is 1. The van der Waals surface area contributed by atoms with Gasteiger partial charge in [0.15, 0.2) is 0 Å². The van der Waals surface area contributed by atoms with E-state index in [1.807, 2.05) is 6.92 Å². The first kappa shape index (κ1) is 18.5. The minimum atomic E-state index is 0.244. The third kappa shape index (κ3) is 16.6. The lowest BCUT2D eigenvalue weighted by molar-refractivity contribution is 0.202. The van der Waals surface area contributed by atoms with Crippen LogP contribution in [0.25, 0.3) is 0 Å². The van der Waals surface area contributed by atoms with Crippen LogP contribution in [0.4, 0.5) is 0 Å². The number of halogens is 1. The maximum Gasteiger partial charge on any atom is 0.0558 e. The Kier molecular flexibility index (Phi) is 20.3. The molecule has 0 amide bonds. The number of hydrogen-bond acceptors (Lipinski definition) is 4. The largest absolute Gasteiger partial charge is 0.395 e. The van der Waals surface area contributed by atoms with E-state index < -0.39 is 0 Å². The summed E-state index contributed by atoms with van der Waals surface area (Å²) >= 11 is 5.51. The van der Waals surface area contributed by atoms with Crippen LogP contribution in [0.5, 0.6) is 0 Å². The third-order valence-corrected chi connectivity index (χ3v) is 2.28. The lowest BCUT2D eigenvalue weighted by Crippen LogP contribution is -2.27. The van der Waals surface area contributed by atoms with Gasteiger partial charge in [-0.1, -0.05) is 13.8 Å². The Morgan fingerprint density at radius 3 is 2.12 bits per heavy atom. The van der Waals surface area contributed by atoms with Crippen LogP contribution in [0, 0.1) is 0 Å². The van der Waals surface area contributed by atoms with E-state index in [1.165, 1.54) is 0 Å². The van der Waals surface area contributed by atoms with Crippen LogP contribution >= 0.6 is 11.6 Å². The van der Waals surface area contributed by atoms with Gasteiger partial charge in [0, 0.05) is 19.0 Å². The highest BCUT2D eigenvalue weighted by atomic mass is 35.5. The van der Waals surface area contributed by atoms with E-state index in [0.717, 1.165) is 39.1 Å². The number of nitrogens with zero attached hydrogens (tertiary/aromatic N) is 1. The van der Waals surface area contributed by atoms with Crippen molar-refractivity contribution in [3.8, 4) is 0 Å². The van der Waals surface area contributed by atoms with Crippen molar-refractivity contribution >= 4 is 11.6 Å². The molecule has 0 radical (unpaired) electrons.